The molecule has 35 heavy (non-hydrogen) atoms. The molecule has 0 saturated heterocycles. The van der Waals surface area contributed by atoms with Crippen LogP contribution in [0.3, 0.4) is 0 Å². The topological polar surface area (TPSA) is 117 Å². The summed E-state index contributed by atoms with van der Waals surface area (Å²) in [6.45, 7) is 5.58. The number of nitrogens with one attached hydrogen (secondary N) is 1. The Bertz CT molecular complexity index is 1480. The first-order valence-electron chi connectivity index (χ1n) is 10.9. The van der Waals surface area contributed by atoms with Gasteiger partial charge in [-0.2, -0.15) is 4.52 Å². The van der Waals surface area contributed by atoms with E-state index < -0.39 is 10.0 Å². The largest absolute Gasteiger partial charge is 0.497 e. The smallest absolute Gasteiger partial charge is 0.240 e. The van der Waals surface area contributed by atoms with E-state index in [2.05, 4.69) is 20.0 Å². The molecule has 0 spiro atoms. The second kappa shape index (κ2) is 9.88. The van der Waals surface area contributed by atoms with Gasteiger partial charge in [0.1, 0.15) is 18.1 Å². The Kier molecular flexibility index (Phi) is 6.90. The summed E-state index contributed by atoms with van der Waals surface area (Å²) in [7, 11) is -0.566. The fraction of sp³-hybridized carbons (Fsp3) is 0.292. The number of aromatic nitrogens is 4. The molecule has 4 rings (SSSR count). The van der Waals surface area contributed by atoms with Crippen LogP contribution in [0, 0.1) is 20.8 Å². The van der Waals surface area contributed by atoms with Crippen LogP contribution in [-0.2, 0) is 10.0 Å². The fourth-order valence-electron chi connectivity index (χ4n) is 3.82. The molecular formula is C24H27N5O5S. The van der Waals surface area contributed by atoms with E-state index in [0.717, 1.165) is 16.7 Å². The van der Waals surface area contributed by atoms with Crippen LogP contribution in [-0.4, -0.2) is 55.6 Å². The molecule has 2 aromatic carbocycles. The van der Waals surface area contributed by atoms with Gasteiger partial charge in [0.05, 0.1) is 19.1 Å². The minimum absolute atomic E-state index is 0.0660. The van der Waals surface area contributed by atoms with Crippen molar-refractivity contribution in [3.05, 3.63) is 59.2 Å². The second-order valence-corrected chi connectivity index (χ2v) is 9.65. The Balaban J connectivity index is 1.46. The molecule has 0 radical (unpaired) electrons. The third-order valence-corrected chi connectivity index (χ3v) is 7.27. The molecule has 0 unspecified atom stereocenters. The van der Waals surface area contributed by atoms with E-state index in [-0.39, 0.29) is 18.0 Å². The fourth-order valence-corrected chi connectivity index (χ4v) is 5.21. The summed E-state index contributed by atoms with van der Waals surface area (Å²) in [5.74, 6) is 2.23. The van der Waals surface area contributed by atoms with Crippen molar-refractivity contribution in [1.82, 2.24) is 24.5 Å². The molecule has 0 saturated carbocycles. The molecule has 4 aromatic rings. The molecule has 1 N–H and O–H groups in total. The van der Waals surface area contributed by atoms with Gasteiger partial charge in [0, 0.05) is 18.2 Å². The number of aryl methyl sites for hydroxylation is 1. The third-order valence-electron chi connectivity index (χ3n) is 5.68. The maximum Gasteiger partial charge on any atom is 0.240 e. The van der Waals surface area contributed by atoms with Gasteiger partial charge < -0.3 is 14.2 Å². The van der Waals surface area contributed by atoms with Gasteiger partial charge in [-0.25, -0.2) is 13.1 Å². The van der Waals surface area contributed by atoms with Crippen molar-refractivity contribution in [2.24, 2.45) is 0 Å². The summed E-state index contributed by atoms with van der Waals surface area (Å²) >= 11 is 0. The lowest BCUT2D eigenvalue weighted by Gasteiger charge is -2.16. The van der Waals surface area contributed by atoms with Crippen molar-refractivity contribution < 1.29 is 22.6 Å². The first kappa shape index (κ1) is 24.4. The van der Waals surface area contributed by atoms with Crippen LogP contribution in [0.4, 0.5) is 0 Å². The van der Waals surface area contributed by atoms with Crippen LogP contribution >= 0.6 is 0 Å². The first-order valence-corrected chi connectivity index (χ1v) is 12.4. The molecule has 11 heteroatoms. The van der Waals surface area contributed by atoms with Gasteiger partial charge in [-0.05, 0) is 61.7 Å². The average molecular weight is 498 g/mol. The molecular weight excluding hydrogens is 470 g/mol. The van der Waals surface area contributed by atoms with E-state index in [0.29, 0.717) is 34.4 Å². The van der Waals surface area contributed by atoms with Crippen LogP contribution in [0.5, 0.6) is 17.4 Å². The van der Waals surface area contributed by atoms with E-state index >= 15 is 0 Å². The number of hydrogen-bond acceptors (Lipinski definition) is 8. The molecule has 0 aliphatic carbocycles. The Morgan fingerprint density at radius 2 is 1.77 bits per heavy atom. The lowest BCUT2D eigenvalue weighted by atomic mass is 10.1. The molecule has 0 atom stereocenters. The predicted octanol–water partition coefficient (Wildman–Crippen LogP) is 3.09. The number of methoxy groups -OCH3 is 2. The van der Waals surface area contributed by atoms with Crippen molar-refractivity contribution in [1.29, 1.82) is 0 Å². The maximum atomic E-state index is 12.9. The number of rotatable bonds is 9. The number of ether oxygens (including phenoxy) is 3. The normalized spacial score (nSPS) is 11.6. The van der Waals surface area contributed by atoms with Crippen LogP contribution in [0.15, 0.2) is 47.4 Å². The predicted molar refractivity (Wildman–Crippen MR) is 131 cm³/mol. The molecule has 0 fully saturated rings. The van der Waals surface area contributed by atoms with E-state index in [1.165, 1.54) is 0 Å². The maximum absolute atomic E-state index is 12.9. The van der Waals surface area contributed by atoms with Crippen molar-refractivity contribution in [2.45, 2.75) is 25.7 Å². The van der Waals surface area contributed by atoms with Gasteiger partial charge in [0.15, 0.2) is 11.5 Å². The van der Waals surface area contributed by atoms with Gasteiger partial charge >= 0.3 is 0 Å². The van der Waals surface area contributed by atoms with Crippen LogP contribution < -0.4 is 18.9 Å². The first-order chi connectivity index (χ1) is 16.7. The Morgan fingerprint density at radius 3 is 2.51 bits per heavy atom. The van der Waals surface area contributed by atoms with Gasteiger partial charge in [0.2, 0.25) is 15.9 Å². The summed E-state index contributed by atoms with van der Waals surface area (Å²) in [6, 6.07) is 12.4. The zero-order valence-corrected chi connectivity index (χ0v) is 21.0. The molecule has 0 bridgehead atoms. The molecule has 2 aromatic heterocycles. The van der Waals surface area contributed by atoms with Gasteiger partial charge in [0.25, 0.3) is 0 Å². The summed E-state index contributed by atoms with van der Waals surface area (Å²) < 4.78 is 46.4. The minimum atomic E-state index is -3.73. The Morgan fingerprint density at radius 1 is 0.971 bits per heavy atom. The highest BCUT2D eigenvalue weighted by molar-refractivity contribution is 7.89. The Labute approximate surface area is 203 Å². The average Bonchev–Trinajstić information content (AvgIpc) is 3.27. The highest BCUT2D eigenvalue weighted by Crippen LogP contribution is 2.30. The van der Waals surface area contributed by atoms with Crippen LogP contribution in [0.2, 0.25) is 0 Å². The lowest BCUT2D eigenvalue weighted by Crippen LogP contribution is -2.29. The highest BCUT2D eigenvalue weighted by atomic mass is 32.2. The highest BCUT2D eigenvalue weighted by Gasteiger charge is 2.21. The minimum Gasteiger partial charge on any atom is -0.497 e. The summed E-state index contributed by atoms with van der Waals surface area (Å²) in [5.41, 5.74) is 3.53. The van der Waals surface area contributed by atoms with Crippen molar-refractivity contribution in [3.8, 4) is 28.8 Å². The Hall–Kier alpha value is -3.70. The molecule has 0 amide bonds. The van der Waals surface area contributed by atoms with Crippen molar-refractivity contribution in [3.63, 3.8) is 0 Å². The quantitative estimate of drug-likeness (QED) is 0.351. The van der Waals surface area contributed by atoms with Crippen molar-refractivity contribution >= 4 is 15.7 Å². The summed E-state index contributed by atoms with van der Waals surface area (Å²) in [4.78, 5) is 0.222. The number of benzene rings is 2. The van der Waals surface area contributed by atoms with Gasteiger partial charge in [-0.1, -0.05) is 12.1 Å². The van der Waals surface area contributed by atoms with Crippen LogP contribution in [0.1, 0.15) is 16.7 Å². The third kappa shape index (κ3) is 4.91. The molecule has 0 aliphatic rings. The summed E-state index contributed by atoms with van der Waals surface area (Å²) in [6.07, 6.45) is 0. The number of hydrogen-bond donors (Lipinski definition) is 1. The molecule has 0 aliphatic heterocycles. The SMILES string of the molecule is COc1cccc(-c2nnc3ccc(OCCNS(=O)(=O)c4cc(C)c(OC)c(C)c4C)nn23)c1. The lowest BCUT2D eigenvalue weighted by molar-refractivity contribution is 0.306. The number of sulfonamides is 1. The standard InChI is InChI=1S/C24H27N5O5S/c1-15-13-20(16(2)17(3)23(15)33-5)35(30,31)25-11-12-34-22-10-9-21-26-27-24(29(21)28-22)18-7-6-8-19(14-18)32-4/h6-10,13-14,25H,11-12H2,1-5H3. The molecule has 2 heterocycles. The molecule has 10 nitrogen and oxygen atoms in total. The second-order valence-electron chi connectivity index (χ2n) is 7.92. The zero-order valence-electron chi connectivity index (χ0n) is 20.2. The van der Waals surface area contributed by atoms with Gasteiger partial charge in [-0.15, -0.1) is 15.3 Å². The molecule has 184 valence electrons. The zero-order chi connectivity index (χ0) is 25.2. The van der Waals surface area contributed by atoms with E-state index in [4.69, 9.17) is 14.2 Å². The number of nitrogens with zero attached hydrogens (tertiary/aromatic N) is 4. The monoisotopic (exact) mass is 497 g/mol. The van der Waals surface area contributed by atoms with E-state index in [1.54, 1.807) is 43.9 Å². The number of fused-ring (bicyclic) bond motifs is 1. The van der Waals surface area contributed by atoms with Crippen molar-refractivity contribution in [2.75, 3.05) is 27.4 Å². The van der Waals surface area contributed by atoms with E-state index in [1.807, 2.05) is 38.1 Å². The van der Waals surface area contributed by atoms with E-state index in [9.17, 15) is 8.42 Å². The summed E-state index contributed by atoms with van der Waals surface area (Å²) in [5, 5.41) is 12.8. The van der Waals surface area contributed by atoms with Gasteiger partial charge in [-0.3, -0.25) is 0 Å². The van der Waals surface area contributed by atoms with Crippen LogP contribution in [0.25, 0.3) is 17.0 Å².